The topological polar surface area (TPSA) is 116 Å². The number of nitrogens with zero attached hydrogens (tertiary/aromatic N) is 7. The highest BCUT2D eigenvalue weighted by atomic mass is 19.4. The maximum atomic E-state index is 13.6. The van der Waals surface area contributed by atoms with Crippen LogP contribution in [0, 0.1) is 12.7 Å². The van der Waals surface area contributed by atoms with Crippen LogP contribution in [0.25, 0.3) is 5.82 Å². The Hall–Kier alpha value is -4.63. The van der Waals surface area contributed by atoms with Gasteiger partial charge in [0.1, 0.15) is 24.3 Å². The number of hydrazine groups is 1. The summed E-state index contributed by atoms with van der Waals surface area (Å²) in [5.74, 6) is -0.901. The highest BCUT2D eigenvalue weighted by Crippen LogP contribution is 2.32. The van der Waals surface area contributed by atoms with E-state index in [-0.39, 0.29) is 5.56 Å². The van der Waals surface area contributed by atoms with Crippen LogP contribution in [0.1, 0.15) is 21.5 Å². The van der Waals surface area contributed by atoms with E-state index in [0.29, 0.717) is 41.1 Å². The van der Waals surface area contributed by atoms with Crippen molar-refractivity contribution in [3.8, 4) is 5.82 Å². The van der Waals surface area contributed by atoms with Crippen molar-refractivity contribution in [1.82, 2.24) is 34.6 Å². The maximum absolute atomic E-state index is 13.6. The molecule has 4 aromatic rings. The van der Waals surface area contributed by atoms with Crippen molar-refractivity contribution in [2.75, 3.05) is 49.3 Å². The van der Waals surface area contributed by atoms with Crippen molar-refractivity contribution in [2.24, 2.45) is 0 Å². The number of nitrogens with one attached hydrogen (secondary N) is 3. The molecule has 0 atom stereocenters. The zero-order valence-electron chi connectivity index (χ0n) is 22.1. The molecule has 3 N–H and O–H groups in total. The minimum absolute atomic E-state index is 0.299. The number of halogens is 4. The van der Waals surface area contributed by atoms with E-state index in [4.69, 9.17) is 0 Å². The predicted molar refractivity (Wildman–Crippen MR) is 143 cm³/mol. The summed E-state index contributed by atoms with van der Waals surface area (Å²) in [6, 6.07) is 8.73. The van der Waals surface area contributed by atoms with Crippen LogP contribution in [0.2, 0.25) is 0 Å². The number of hydrogen-bond donors (Lipinski definition) is 3. The van der Waals surface area contributed by atoms with Gasteiger partial charge in [0.05, 0.1) is 5.56 Å². The first-order valence-corrected chi connectivity index (χ1v) is 12.6. The summed E-state index contributed by atoms with van der Waals surface area (Å²) >= 11 is 0. The van der Waals surface area contributed by atoms with Gasteiger partial charge in [0.2, 0.25) is 5.95 Å². The normalized spacial score (nSPS) is 14.6. The molecule has 41 heavy (non-hydrogen) atoms. The van der Waals surface area contributed by atoms with Crippen LogP contribution < -0.4 is 16.1 Å². The van der Waals surface area contributed by atoms with E-state index < -0.39 is 23.5 Å². The number of aromatic nitrogens is 5. The number of hydrogen-bond acceptors (Lipinski definition) is 9. The number of amides is 1. The van der Waals surface area contributed by atoms with Crippen molar-refractivity contribution in [3.63, 3.8) is 0 Å². The Morgan fingerprint density at radius 2 is 1.73 bits per heavy atom. The summed E-state index contributed by atoms with van der Waals surface area (Å²) in [7, 11) is 2.07. The summed E-state index contributed by atoms with van der Waals surface area (Å²) < 4.78 is 54.4. The zero-order chi connectivity index (χ0) is 29.1. The largest absolute Gasteiger partial charge is 0.419 e. The van der Waals surface area contributed by atoms with Crippen molar-refractivity contribution < 1.29 is 22.4 Å². The molecule has 0 unspecified atom stereocenters. The molecule has 1 aliphatic heterocycles. The van der Waals surface area contributed by atoms with E-state index in [1.165, 1.54) is 17.3 Å². The van der Waals surface area contributed by atoms with Gasteiger partial charge in [0, 0.05) is 49.2 Å². The summed E-state index contributed by atoms with van der Waals surface area (Å²) in [5, 5.41) is 12.1. The van der Waals surface area contributed by atoms with Crippen molar-refractivity contribution in [1.29, 1.82) is 0 Å². The van der Waals surface area contributed by atoms with E-state index in [1.54, 1.807) is 24.3 Å². The number of carbonyl (C=O) groups excluding carboxylic acids is 1. The molecule has 15 heteroatoms. The summed E-state index contributed by atoms with van der Waals surface area (Å²) in [6.45, 7) is 5.36. The molecule has 0 spiro atoms. The van der Waals surface area contributed by atoms with Gasteiger partial charge < -0.3 is 21.0 Å². The second kappa shape index (κ2) is 11.5. The standard InChI is InChI=1S/C26H26F4N10O/c1-16-3-5-18(35-24(41)17-4-6-20(27)19(11-17)26(28,29)30)12-21(16)36-25-33-15-34-40(25)23-13-22(31-14-32-23)37-39-9-7-38(2)8-10-39/h3-6,11-15H,7-10H2,1-2H3,(H,35,41)(H,31,32,37)(H,33,34,36). The first kappa shape index (κ1) is 27.9. The molecule has 0 bridgehead atoms. The number of alkyl halides is 3. The molecule has 0 aliphatic carbocycles. The van der Waals surface area contributed by atoms with Gasteiger partial charge in [-0.3, -0.25) is 4.79 Å². The van der Waals surface area contributed by atoms with Crippen LogP contribution in [-0.4, -0.2) is 73.8 Å². The fourth-order valence-electron chi connectivity index (χ4n) is 4.14. The molecule has 2 aromatic carbocycles. The van der Waals surface area contributed by atoms with Crippen LogP contribution in [0.3, 0.4) is 0 Å². The minimum Gasteiger partial charge on any atom is -0.324 e. The highest BCUT2D eigenvalue weighted by molar-refractivity contribution is 6.04. The fourth-order valence-corrected chi connectivity index (χ4v) is 4.14. The zero-order valence-corrected chi connectivity index (χ0v) is 22.1. The van der Waals surface area contributed by atoms with Gasteiger partial charge in [-0.15, -0.1) is 0 Å². The van der Waals surface area contributed by atoms with E-state index in [9.17, 15) is 22.4 Å². The number of likely N-dealkylation sites (N-methyl/N-ethyl adjacent to an activating group) is 1. The quantitative estimate of drug-likeness (QED) is 0.283. The van der Waals surface area contributed by atoms with Crippen LogP contribution in [0.4, 0.5) is 40.7 Å². The van der Waals surface area contributed by atoms with Gasteiger partial charge in [-0.25, -0.2) is 19.4 Å². The Bertz CT molecular complexity index is 1550. The number of rotatable bonds is 7. The lowest BCUT2D eigenvalue weighted by Gasteiger charge is -2.32. The molecule has 1 amide bonds. The summed E-state index contributed by atoms with van der Waals surface area (Å²) in [4.78, 5) is 27.8. The molecule has 0 radical (unpaired) electrons. The molecule has 0 saturated carbocycles. The lowest BCUT2D eigenvalue weighted by atomic mass is 10.1. The smallest absolute Gasteiger partial charge is 0.324 e. The molecule has 1 saturated heterocycles. The van der Waals surface area contributed by atoms with Crippen molar-refractivity contribution >= 4 is 29.0 Å². The minimum atomic E-state index is -4.93. The molecule has 11 nitrogen and oxygen atoms in total. The molecule has 5 rings (SSSR count). The number of benzene rings is 2. The maximum Gasteiger partial charge on any atom is 0.419 e. The van der Waals surface area contributed by atoms with Crippen molar-refractivity contribution in [3.05, 3.63) is 77.6 Å². The third kappa shape index (κ3) is 6.58. The fraction of sp³-hybridized carbons (Fsp3) is 0.269. The van der Waals surface area contributed by atoms with Gasteiger partial charge in [-0.05, 0) is 49.9 Å². The number of piperazine rings is 1. The molecule has 3 heterocycles. The molecule has 1 aliphatic rings. The van der Waals surface area contributed by atoms with Gasteiger partial charge in [-0.2, -0.15) is 27.9 Å². The van der Waals surface area contributed by atoms with Gasteiger partial charge in [0.15, 0.2) is 5.82 Å². The third-order valence-electron chi connectivity index (χ3n) is 6.47. The van der Waals surface area contributed by atoms with Gasteiger partial charge in [0.25, 0.3) is 5.91 Å². The summed E-state index contributed by atoms with van der Waals surface area (Å²) in [6.07, 6.45) is -2.16. The van der Waals surface area contributed by atoms with Gasteiger partial charge in [-0.1, -0.05) is 6.07 Å². The van der Waals surface area contributed by atoms with Crippen molar-refractivity contribution in [2.45, 2.75) is 13.1 Å². The third-order valence-corrected chi connectivity index (χ3v) is 6.47. The second-order valence-electron chi connectivity index (χ2n) is 9.46. The first-order chi connectivity index (χ1) is 19.6. The Morgan fingerprint density at radius 3 is 2.49 bits per heavy atom. The Morgan fingerprint density at radius 1 is 0.951 bits per heavy atom. The van der Waals surface area contributed by atoms with Crippen LogP contribution >= 0.6 is 0 Å². The van der Waals surface area contributed by atoms with Gasteiger partial charge >= 0.3 is 6.18 Å². The van der Waals surface area contributed by atoms with Crippen LogP contribution in [-0.2, 0) is 6.18 Å². The van der Waals surface area contributed by atoms with E-state index in [0.717, 1.165) is 37.8 Å². The number of aryl methyl sites for hydroxylation is 1. The molecular weight excluding hydrogens is 544 g/mol. The molecule has 2 aromatic heterocycles. The lowest BCUT2D eigenvalue weighted by Crippen LogP contribution is -2.47. The Kier molecular flexibility index (Phi) is 7.81. The second-order valence-corrected chi connectivity index (χ2v) is 9.46. The molecule has 1 fully saturated rings. The number of anilines is 4. The summed E-state index contributed by atoms with van der Waals surface area (Å²) in [5.41, 5.74) is 3.08. The highest BCUT2D eigenvalue weighted by Gasteiger charge is 2.34. The molecular formula is C26H26F4N10O. The van der Waals surface area contributed by atoms with Crippen LogP contribution in [0.5, 0.6) is 0 Å². The Labute approximate surface area is 232 Å². The lowest BCUT2D eigenvalue weighted by molar-refractivity contribution is -0.140. The predicted octanol–water partition coefficient (Wildman–Crippen LogP) is 4.09. The SMILES string of the molecule is Cc1ccc(NC(=O)c2ccc(F)c(C(F)(F)F)c2)cc1Nc1ncnn1-c1cc(NN2CCN(C)CC2)ncn1. The monoisotopic (exact) mass is 570 g/mol. The average Bonchev–Trinajstić information content (AvgIpc) is 3.40. The molecule has 214 valence electrons. The Balaban J connectivity index is 1.32. The van der Waals surface area contributed by atoms with Crippen LogP contribution in [0.15, 0.2) is 55.1 Å². The first-order valence-electron chi connectivity index (χ1n) is 12.6. The van der Waals surface area contributed by atoms with E-state index in [1.807, 2.05) is 6.92 Å². The average molecular weight is 571 g/mol. The van der Waals surface area contributed by atoms with E-state index in [2.05, 4.69) is 53.1 Å². The number of carbonyl (C=O) groups is 1. The van der Waals surface area contributed by atoms with E-state index >= 15 is 0 Å².